The van der Waals surface area contributed by atoms with E-state index in [-0.39, 0.29) is 12.4 Å². The van der Waals surface area contributed by atoms with E-state index in [4.69, 9.17) is 4.74 Å². The van der Waals surface area contributed by atoms with Crippen molar-refractivity contribution in [2.24, 2.45) is 0 Å². The van der Waals surface area contributed by atoms with E-state index in [1.807, 2.05) is 13.0 Å². The quantitative estimate of drug-likeness (QED) is 0.673. The Morgan fingerprint density at radius 2 is 2.18 bits per heavy atom. The summed E-state index contributed by atoms with van der Waals surface area (Å²) in [6.07, 6.45) is 1.13. The smallest absolute Gasteiger partial charge is 0.343 e. The van der Waals surface area contributed by atoms with Gasteiger partial charge in [0.05, 0.1) is 12.8 Å². The van der Waals surface area contributed by atoms with E-state index in [0.717, 1.165) is 11.8 Å². The number of rotatable bonds is 5. The van der Waals surface area contributed by atoms with E-state index >= 15 is 0 Å². The lowest BCUT2D eigenvalue weighted by Crippen LogP contribution is -2.20. The summed E-state index contributed by atoms with van der Waals surface area (Å²) in [6, 6.07) is 5.38. The molecule has 2 rings (SSSR count). The zero-order valence-corrected chi connectivity index (χ0v) is 12.5. The van der Waals surface area contributed by atoms with Gasteiger partial charge in [-0.15, -0.1) is 0 Å². The lowest BCUT2D eigenvalue weighted by atomic mass is 10.2. The highest BCUT2D eigenvalue weighted by molar-refractivity contribution is 5.92. The van der Waals surface area contributed by atoms with Crippen molar-refractivity contribution in [1.82, 2.24) is 9.55 Å². The molecule has 0 aliphatic carbocycles. The molecule has 0 aliphatic heterocycles. The van der Waals surface area contributed by atoms with Gasteiger partial charge in [-0.1, -0.05) is 6.07 Å². The number of hydrogen-bond acceptors (Lipinski definition) is 5. The molecule has 0 radical (unpaired) electrons. The van der Waals surface area contributed by atoms with E-state index in [9.17, 15) is 14.9 Å². The molecule has 0 unspecified atom stereocenters. The van der Waals surface area contributed by atoms with Gasteiger partial charge in [0.1, 0.15) is 11.9 Å². The van der Waals surface area contributed by atoms with Crippen LogP contribution in [-0.2, 0) is 11.3 Å². The van der Waals surface area contributed by atoms with Crippen molar-refractivity contribution in [3.63, 3.8) is 0 Å². The van der Waals surface area contributed by atoms with Gasteiger partial charge >= 0.3 is 5.82 Å². The number of methoxy groups -OCH3 is 1. The molecule has 8 heteroatoms. The Kier molecular flexibility index (Phi) is 4.40. The van der Waals surface area contributed by atoms with Crippen LogP contribution >= 0.6 is 0 Å². The number of amides is 1. The maximum absolute atomic E-state index is 12.1. The number of nitrogens with zero attached hydrogens (tertiary/aromatic N) is 3. The summed E-state index contributed by atoms with van der Waals surface area (Å²) in [6.45, 7) is 3.30. The van der Waals surface area contributed by atoms with Crippen LogP contribution in [0.15, 0.2) is 24.4 Å². The first-order valence-corrected chi connectivity index (χ1v) is 6.53. The summed E-state index contributed by atoms with van der Waals surface area (Å²) in [4.78, 5) is 26.4. The number of ether oxygens (including phenoxy) is 1. The molecular formula is C14H16N4O4. The fourth-order valence-electron chi connectivity index (χ4n) is 2.05. The summed E-state index contributed by atoms with van der Waals surface area (Å²) in [5.74, 6) is 0.311. The normalized spacial score (nSPS) is 10.3. The molecule has 0 saturated carbocycles. The predicted octanol–water partition coefficient (Wildman–Crippen LogP) is 2.06. The van der Waals surface area contributed by atoms with E-state index < -0.39 is 10.8 Å². The lowest BCUT2D eigenvalue weighted by Gasteiger charge is -2.10. The zero-order valence-electron chi connectivity index (χ0n) is 12.5. The number of hydrogen-bond donors (Lipinski definition) is 1. The largest absolute Gasteiger partial charge is 0.495 e. The van der Waals surface area contributed by atoms with Crippen LogP contribution in [0.2, 0.25) is 0 Å². The number of aryl methyl sites for hydroxylation is 2. The van der Waals surface area contributed by atoms with Gasteiger partial charge < -0.3 is 20.2 Å². The highest BCUT2D eigenvalue weighted by Gasteiger charge is 2.20. The molecule has 0 bridgehead atoms. The van der Waals surface area contributed by atoms with Gasteiger partial charge in [-0.05, 0) is 29.5 Å². The highest BCUT2D eigenvalue weighted by Crippen LogP contribution is 2.25. The Labute approximate surface area is 126 Å². The Hall–Kier alpha value is -2.90. The standard InChI is InChI=1S/C14H16N4O4/c1-9-4-5-12(22-3)11(6-9)16-13(19)8-17-10(2)15-7-14(17)18(20)21/h4-7H,8H2,1-3H3,(H,16,19). The van der Waals surface area contributed by atoms with Gasteiger partial charge in [0.15, 0.2) is 12.4 Å². The molecule has 0 aliphatic rings. The van der Waals surface area contributed by atoms with Crippen LogP contribution < -0.4 is 10.1 Å². The van der Waals surface area contributed by atoms with E-state index in [2.05, 4.69) is 10.3 Å². The summed E-state index contributed by atoms with van der Waals surface area (Å²) in [5.41, 5.74) is 1.48. The molecule has 0 atom stereocenters. The average Bonchev–Trinajstić information content (AvgIpc) is 2.80. The number of aromatic nitrogens is 2. The first kappa shape index (κ1) is 15.5. The second-order valence-corrected chi connectivity index (χ2v) is 4.76. The molecular weight excluding hydrogens is 288 g/mol. The number of imidazole rings is 1. The molecule has 0 fully saturated rings. The van der Waals surface area contributed by atoms with E-state index in [1.54, 1.807) is 19.1 Å². The molecule has 2 aromatic rings. The predicted molar refractivity (Wildman–Crippen MR) is 80.0 cm³/mol. The van der Waals surface area contributed by atoms with E-state index in [0.29, 0.717) is 17.3 Å². The van der Waals surface area contributed by atoms with Crippen molar-refractivity contribution in [1.29, 1.82) is 0 Å². The fraction of sp³-hybridized carbons (Fsp3) is 0.286. The Morgan fingerprint density at radius 3 is 2.82 bits per heavy atom. The van der Waals surface area contributed by atoms with Gasteiger partial charge in [0, 0.05) is 6.92 Å². The second-order valence-electron chi connectivity index (χ2n) is 4.76. The maximum atomic E-state index is 12.1. The summed E-state index contributed by atoms with van der Waals surface area (Å²) in [7, 11) is 1.51. The van der Waals surface area contributed by atoms with Gasteiger partial charge in [0.25, 0.3) is 5.91 Å². The van der Waals surface area contributed by atoms with Crippen molar-refractivity contribution in [2.75, 3.05) is 12.4 Å². The molecule has 1 aromatic carbocycles. The second kappa shape index (κ2) is 6.25. The molecule has 0 saturated heterocycles. The van der Waals surface area contributed by atoms with Crippen molar-refractivity contribution in [3.05, 3.63) is 45.9 Å². The van der Waals surface area contributed by atoms with Crippen molar-refractivity contribution in [3.8, 4) is 5.75 Å². The SMILES string of the molecule is COc1ccc(C)cc1NC(=O)Cn1c([N+](=O)[O-])cnc1C. The minimum absolute atomic E-state index is 0.195. The number of carbonyl (C=O) groups is 1. The average molecular weight is 304 g/mol. The molecule has 1 amide bonds. The van der Waals surface area contributed by atoms with Crippen molar-refractivity contribution < 1.29 is 14.5 Å². The van der Waals surface area contributed by atoms with Crippen LogP contribution in [0.5, 0.6) is 5.75 Å². The zero-order chi connectivity index (χ0) is 16.3. The molecule has 1 N–H and O–H groups in total. The highest BCUT2D eigenvalue weighted by atomic mass is 16.6. The van der Waals surface area contributed by atoms with Crippen LogP contribution in [0.4, 0.5) is 11.5 Å². The third-order valence-corrected chi connectivity index (χ3v) is 3.15. The van der Waals surface area contributed by atoms with Gasteiger partial charge in [-0.3, -0.25) is 4.79 Å². The summed E-state index contributed by atoms with van der Waals surface area (Å²) in [5, 5.41) is 13.6. The first-order valence-electron chi connectivity index (χ1n) is 6.53. The molecule has 1 heterocycles. The monoisotopic (exact) mass is 304 g/mol. The van der Waals surface area contributed by atoms with Gasteiger partial charge in [-0.25, -0.2) is 9.55 Å². The molecule has 8 nitrogen and oxygen atoms in total. The van der Waals surface area contributed by atoms with Crippen LogP contribution in [0.25, 0.3) is 0 Å². The minimum Gasteiger partial charge on any atom is -0.495 e. The van der Waals surface area contributed by atoms with Crippen LogP contribution in [-0.4, -0.2) is 27.5 Å². The molecule has 116 valence electrons. The third-order valence-electron chi connectivity index (χ3n) is 3.15. The summed E-state index contributed by atoms with van der Waals surface area (Å²) < 4.78 is 6.43. The number of nitro groups is 1. The van der Waals surface area contributed by atoms with Crippen LogP contribution in [0.3, 0.4) is 0 Å². The maximum Gasteiger partial charge on any atom is 0.343 e. The number of benzene rings is 1. The number of nitrogens with one attached hydrogen (secondary N) is 1. The molecule has 22 heavy (non-hydrogen) atoms. The number of carbonyl (C=O) groups excluding carboxylic acids is 1. The first-order chi connectivity index (χ1) is 10.4. The van der Waals surface area contributed by atoms with Crippen molar-refractivity contribution in [2.45, 2.75) is 20.4 Å². The number of anilines is 1. The lowest BCUT2D eigenvalue weighted by molar-refractivity contribution is -0.392. The fourth-order valence-corrected chi connectivity index (χ4v) is 2.05. The minimum atomic E-state index is -0.569. The molecule has 1 aromatic heterocycles. The third kappa shape index (κ3) is 3.22. The van der Waals surface area contributed by atoms with E-state index in [1.165, 1.54) is 11.7 Å². The summed E-state index contributed by atoms with van der Waals surface area (Å²) >= 11 is 0. The van der Waals surface area contributed by atoms with Gasteiger partial charge in [-0.2, -0.15) is 0 Å². The van der Waals surface area contributed by atoms with Crippen LogP contribution in [0, 0.1) is 24.0 Å². The Bertz CT molecular complexity index is 724. The Balaban J connectivity index is 2.19. The van der Waals surface area contributed by atoms with Crippen LogP contribution in [0.1, 0.15) is 11.4 Å². The van der Waals surface area contributed by atoms with Crippen molar-refractivity contribution >= 4 is 17.4 Å². The topological polar surface area (TPSA) is 99.3 Å². The molecule has 0 spiro atoms. The Morgan fingerprint density at radius 1 is 1.45 bits per heavy atom. The van der Waals surface area contributed by atoms with Gasteiger partial charge in [0.2, 0.25) is 0 Å².